The monoisotopic (exact) mass is 231 g/mol. The molecule has 1 saturated heterocycles. The van der Waals surface area contributed by atoms with Crippen LogP contribution in [0.3, 0.4) is 0 Å². The molecular weight excluding hydrogens is 214 g/mol. The molecule has 17 heavy (non-hydrogen) atoms. The van der Waals surface area contributed by atoms with Crippen molar-refractivity contribution in [3.63, 3.8) is 0 Å². The van der Waals surface area contributed by atoms with E-state index in [4.69, 9.17) is 15.7 Å². The fraction of sp³-hybridized carbons (Fsp3) is 0.462. The first-order valence-electron chi connectivity index (χ1n) is 5.78. The molecule has 1 fully saturated rings. The first kappa shape index (κ1) is 11.7. The van der Waals surface area contributed by atoms with Gasteiger partial charge in [0.15, 0.2) is 0 Å². The Morgan fingerprint density at radius 1 is 1.41 bits per heavy atom. The highest BCUT2D eigenvalue weighted by atomic mass is 16.5. The molecule has 0 atom stereocenters. The number of rotatable bonds is 2. The third-order valence-corrected chi connectivity index (χ3v) is 3.21. The van der Waals surface area contributed by atoms with Gasteiger partial charge in [0.05, 0.1) is 11.3 Å². The highest BCUT2D eigenvalue weighted by Gasteiger charge is 2.26. The Morgan fingerprint density at radius 2 is 2.12 bits per heavy atom. The van der Waals surface area contributed by atoms with Crippen LogP contribution in [0, 0.1) is 11.3 Å². The van der Waals surface area contributed by atoms with Crippen LogP contribution in [0.1, 0.15) is 25.3 Å². The van der Waals surface area contributed by atoms with E-state index in [1.807, 2.05) is 12.1 Å². The number of ether oxygens (including phenoxy) is 1. The number of hydrogen-bond acceptors (Lipinski definition) is 4. The highest BCUT2D eigenvalue weighted by Crippen LogP contribution is 2.27. The average Bonchev–Trinajstić information content (AvgIpc) is 2.29. The molecule has 4 nitrogen and oxygen atoms in total. The van der Waals surface area contributed by atoms with Crippen molar-refractivity contribution in [2.75, 3.05) is 24.3 Å². The zero-order valence-electron chi connectivity index (χ0n) is 9.99. The molecule has 4 heteroatoms. The molecule has 1 aromatic rings. The lowest BCUT2D eigenvalue weighted by Crippen LogP contribution is -2.40. The maximum Gasteiger partial charge on any atom is 0.101 e. The molecule has 0 aliphatic carbocycles. The first-order chi connectivity index (χ1) is 8.13. The number of nitrogens with one attached hydrogen (secondary N) is 1. The molecule has 3 N–H and O–H groups in total. The van der Waals surface area contributed by atoms with E-state index in [9.17, 15) is 0 Å². The fourth-order valence-corrected chi connectivity index (χ4v) is 2.04. The molecule has 1 heterocycles. The summed E-state index contributed by atoms with van der Waals surface area (Å²) in [5.41, 5.74) is 7.85. The highest BCUT2D eigenvalue weighted by molar-refractivity contribution is 5.63. The average molecular weight is 231 g/mol. The number of nitrogens with two attached hydrogens (primary N) is 1. The van der Waals surface area contributed by atoms with E-state index >= 15 is 0 Å². The molecule has 1 aliphatic heterocycles. The maximum absolute atomic E-state index is 8.81. The molecule has 90 valence electrons. The van der Waals surface area contributed by atoms with Crippen LogP contribution in [-0.2, 0) is 4.74 Å². The zero-order chi connectivity index (χ0) is 12.3. The number of nitrogen functional groups attached to an aromatic ring is 1. The maximum atomic E-state index is 8.81. The van der Waals surface area contributed by atoms with Crippen molar-refractivity contribution in [2.45, 2.75) is 25.3 Å². The predicted octanol–water partition coefficient (Wildman–Crippen LogP) is 2.12. The normalized spacial score (nSPS) is 18.4. The molecule has 0 radical (unpaired) electrons. The lowest BCUT2D eigenvalue weighted by molar-refractivity contribution is 0.0658. The third-order valence-electron chi connectivity index (χ3n) is 3.21. The minimum absolute atomic E-state index is 0.0544. The van der Waals surface area contributed by atoms with Crippen molar-refractivity contribution in [1.82, 2.24) is 0 Å². The Labute approximate surface area is 101 Å². The van der Waals surface area contributed by atoms with E-state index in [0.29, 0.717) is 11.3 Å². The van der Waals surface area contributed by atoms with Gasteiger partial charge in [-0.2, -0.15) is 5.26 Å². The Balaban J connectivity index is 2.13. The largest absolute Gasteiger partial charge is 0.398 e. The predicted molar refractivity (Wildman–Crippen MR) is 67.7 cm³/mol. The number of nitriles is 1. The quantitative estimate of drug-likeness (QED) is 0.765. The van der Waals surface area contributed by atoms with Crippen molar-refractivity contribution in [2.24, 2.45) is 0 Å². The summed E-state index contributed by atoms with van der Waals surface area (Å²) in [7, 11) is 0. The van der Waals surface area contributed by atoms with Gasteiger partial charge in [0.1, 0.15) is 6.07 Å². The van der Waals surface area contributed by atoms with E-state index < -0.39 is 0 Å². The van der Waals surface area contributed by atoms with Crippen molar-refractivity contribution in [3.8, 4) is 6.07 Å². The smallest absolute Gasteiger partial charge is 0.101 e. The molecule has 0 spiro atoms. The summed E-state index contributed by atoms with van der Waals surface area (Å²) in [5.74, 6) is 0. The lowest BCUT2D eigenvalue weighted by Gasteiger charge is -2.35. The third kappa shape index (κ3) is 2.69. The summed E-state index contributed by atoms with van der Waals surface area (Å²) < 4.78 is 5.36. The standard InChI is InChI=1S/C13H17N3O/c1-13(4-6-17-7-5-13)16-11-3-2-10(9-14)12(15)8-11/h2-3,8,16H,4-7,15H2,1H3. The molecule has 2 rings (SSSR count). The van der Waals surface area contributed by atoms with Crippen LogP contribution in [-0.4, -0.2) is 18.8 Å². The van der Waals surface area contributed by atoms with Gasteiger partial charge in [0.25, 0.3) is 0 Å². The van der Waals surface area contributed by atoms with Gasteiger partial charge in [0.2, 0.25) is 0 Å². The van der Waals surface area contributed by atoms with Crippen molar-refractivity contribution >= 4 is 11.4 Å². The number of nitrogens with zero attached hydrogens (tertiary/aromatic N) is 1. The minimum Gasteiger partial charge on any atom is -0.398 e. The van der Waals surface area contributed by atoms with Crippen LogP contribution in [0.5, 0.6) is 0 Å². The second kappa shape index (κ2) is 4.64. The summed E-state index contributed by atoms with van der Waals surface area (Å²) in [6.07, 6.45) is 1.96. The summed E-state index contributed by atoms with van der Waals surface area (Å²) in [6.45, 7) is 3.76. The van der Waals surface area contributed by atoms with Crippen LogP contribution < -0.4 is 11.1 Å². The second-order valence-corrected chi connectivity index (χ2v) is 4.71. The van der Waals surface area contributed by atoms with Crippen LogP contribution in [0.25, 0.3) is 0 Å². The zero-order valence-corrected chi connectivity index (χ0v) is 9.99. The second-order valence-electron chi connectivity index (χ2n) is 4.71. The Bertz CT molecular complexity index is 444. The van der Waals surface area contributed by atoms with E-state index in [0.717, 1.165) is 31.7 Å². The molecule has 0 bridgehead atoms. The van der Waals surface area contributed by atoms with Crippen molar-refractivity contribution in [3.05, 3.63) is 23.8 Å². The van der Waals surface area contributed by atoms with Gasteiger partial charge in [-0.05, 0) is 38.0 Å². The van der Waals surface area contributed by atoms with Crippen molar-refractivity contribution in [1.29, 1.82) is 5.26 Å². The van der Waals surface area contributed by atoms with Crippen LogP contribution in [0.15, 0.2) is 18.2 Å². The summed E-state index contributed by atoms with van der Waals surface area (Å²) >= 11 is 0. The molecule has 0 aromatic heterocycles. The Kier molecular flexibility index (Phi) is 3.21. The van der Waals surface area contributed by atoms with Gasteiger partial charge in [-0.15, -0.1) is 0 Å². The summed E-state index contributed by atoms with van der Waals surface area (Å²) in [4.78, 5) is 0. The number of anilines is 2. The number of hydrogen-bond donors (Lipinski definition) is 2. The van der Waals surface area contributed by atoms with Crippen LogP contribution in [0.4, 0.5) is 11.4 Å². The van der Waals surface area contributed by atoms with E-state index in [-0.39, 0.29) is 5.54 Å². The van der Waals surface area contributed by atoms with Gasteiger partial charge in [-0.25, -0.2) is 0 Å². The van der Waals surface area contributed by atoms with Gasteiger partial charge >= 0.3 is 0 Å². The molecular formula is C13H17N3O. The minimum atomic E-state index is 0.0544. The number of benzene rings is 1. The Hall–Kier alpha value is -1.73. The van der Waals surface area contributed by atoms with Crippen LogP contribution in [0.2, 0.25) is 0 Å². The van der Waals surface area contributed by atoms with Crippen LogP contribution >= 0.6 is 0 Å². The van der Waals surface area contributed by atoms with Gasteiger partial charge in [0, 0.05) is 24.4 Å². The molecule has 1 aliphatic rings. The molecule has 0 unspecified atom stereocenters. The molecule has 0 amide bonds. The van der Waals surface area contributed by atoms with E-state index in [1.54, 1.807) is 6.07 Å². The van der Waals surface area contributed by atoms with E-state index in [1.165, 1.54) is 0 Å². The van der Waals surface area contributed by atoms with Gasteiger partial charge < -0.3 is 15.8 Å². The first-order valence-corrected chi connectivity index (χ1v) is 5.78. The fourth-order valence-electron chi connectivity index (χ4n) is 2.04. The molecule has 0 saturated carbocycles. The topological polar surface area (TPSA) is 71.1 Å². The van der Waals surface area contributed by atoms with Gasteiger partial charge in [-0.3, -0.25) is 0 Å². The summed E-state index contributed by atoms with van der Waals surface area (Å²) in [6, 6.07) is 7.53. The van der Waals surface area contributed by atoms with Crippen molar-refractivity contribution < 1.29 is 4.74 Å². The SMILES string of the molecule is CC1(Nc2ccc(C#N)c(N)c2)CCOCC1. The lowest BCUT2D eigenvalue weighted by atomic mass is 9.92. The van der Waals surface area contributed by atoms with Gasteiger partial charge in [-0.1, -0.05) is 0 Å². The molecule has 1 aromatic carbocycles. The van der Waals surface area contributed by atoms with E-state index in [2.05, 4.69) is 18.3 Å². The Morgan fingerprint density at radius 3 is 2.71 bits per heavy atom. The summed E-state index contributed by atoms with van der Waals surface area (Å²) in [5, 5.41) is 12.3.